The molecule has 0 radical (unpaired) electrons. The van der Waals surface area contributed by atoms with Crippen molar-refractivity contribution in [1.29, 1.82) is 0 Å². The first-order valence-electron chi connectivity index (χ1n) is 6.25. The lowest BCUT2D eigenvalue weighted by atomic mass is 10.0. The Morgan fingerprint density at radius 2 is 1.88 bits per heavy atom. The van der Waals surface area contributed by atoms with Crippen LogP contribution in [0.5, 0.6) is 0 Å². The van der Waals surface area contributed by atoms with Crippen molar-refractivity contribution in [2.75, 3.05) is 19.6 Å². The molecule has 2 unspecified atom stereocenters. The molecule has 0 aromatic rings. The number of carbonyl (C=O) groups is 1. The van der Waals surface area contributed by atoms with E-state index in [1.165, 1.54) is 0 Å². The van der Waals surface area contributed by atoms with Crippen LogP contribution >= 0.6 is 0 Å². The highest BCUT2D eigenvalue weighted by atomic mass is 16.5. The average molecular weight is 226 g/mol. The summed E-state index contributed by atoms with van der Waals surface area (Å²) < 4.78 is 5.64. The van der Waals surface area contributed by atoms with Crippen LogP contribution in [0.15, 0.2) is 0 Å². The molecule has 0 bridgehead atoms. The fraction of sp³-hybridized carbons (Fsp3) is 0.917. The predicted molar refractivity (Wildman–Crippen MR) is 62.2 cm³/mol. The fourth-order valence-electron chi connectivity index (χ4n) is 2.72. The molecule has 92 valence electrons. The van der Waals surface area contributed by atoms with Crippen LogP contribution in [0, 0.1) is 5.92 Å². The molecule has 0 spiro atoms. The number of nitrogens with zero attached hydrogens (tertiary/aromatic N) is 1. The summed E-state index contributed by atoms with van der Waals surface area (Å²) in [6.07, 6.45) is 1.42. The van der Waals surface area contributed by atoms with Gasteiger partial charge in [0.05, 0.1) is 18.2 Å². The largest absolute Gasteiger partial charge is 0.372 e. The molecule has 2 aliphatic heterocycles. The van der Waals surface area contributed by atoms with Crippen LogP contribution in [-0.4, -0.2) is 48.7 Å². The minimum absolute atomic E-state index is 0.0255. The van der Waals surface area contributed by atoms with E-state index in [0.717, 1.165) is 26.1 Å². The Balaban J connectivity index is 1.98. The number of ether oxygens (including phenoxy) is 1. The Kier molecular flexibility index (Phi) is 3.50. The smallest absolute Gasteiger partial charge is 0.240 e. The van der Waals surface area contributed by atoms with E-state index in [0.29, 0.717) is 5.92 Å². The van der Waals surface area contributed by atoms with Gasteiger partial charge in [0.2, 0.25) is 5.91 Å². The van der Waals surface area contributed by atoms with Crippen LogP contribution in [-0.2, 0) is 9.53 Å². The fourth-order valence-corrected chi connectivity index (χ4v) is 2.72. The second kappa shape index (κ2) is 4.72. The molecule has 1 N–H and O–H groups in total. The Labute approximate surface area is 97.3 Å². The minimum Gasteiger partial charge on any atom is -0.372 e. The Bertz CT molecular complexity index is 260. The van der Waals surface area contributed by atoms with Gasteiger partial charge in [-0.1, -0.05) is 6.92 Å². The zero-order valence-corrected chi connectivity index (χ0v) is 10.4. The lowest BCUT2D eigenvalue weighted by Gasteiger charge is -2.37. The molecule has 4 heteroatoms. The molecular formula is C12H22N2O2. The maximum Gasteiger partial charge on any atom is 0.240 e. The topological polar surface area (TPSA) is 41.6 Å². The molecular weight excluding hydrogens is 204 g/mol. The normalized spacial score (nSPS) is 40.1. The number of carbonyl (C=O) groups excluding carboxylic acids is 1. The molecule has 1 amide bonds. The lowest BCUT2D eigenvalue weighted by Crippen LogP contribution is -2.54. The third-order valence-electron chi connectivity index (χ3n) is 3.53. The average Bonchev–Trinajstić information content (AvgIpc) is 2.62. The Morgan fingerprint density at radius 3 is 2.38 bits per heavy atom. The summed E-state index contributed by atoms with van der Waals surface area (Å²) in [5, 5.41) is 3.30. The number of nitrogens with one attached hydrogen (secondary N) is 1. The predicted octanol–water partition coefficient (Wildman–Crippen LogP) is 0.620. The van der Waals surface area contributed by atoms with E-state index in [-0.39, 0.29) is 24.2 Å². The second-order valence-corrected chi connectivity index (χ2v) is 5.20. The minimum atomic E-state index is 0.0255. The number of morpholine rings is 1. The van der Waals surface area contributed by atoms with E-state index in [9.17, 15) is 4.79 Å². The van der Waals surface area contributed by atoms with Crippen molar-refractivity contribution < 1.29 is 9.53 Å². The van der Waals surface area contributed by atoms with Crippen molar-refractivity contribution >= 4 is 5.91 Å². The number of rotatable bonds is 1. The standard InChI is InChI=1S/C12H22N2O2/c1-8-4-5-13-11(8)12(15)14-6-9(2)16-10(3)7-14/h8-11,13H,4-7H2,1-3H3/t8?,9-,10+,11?. The van der Waals surface area contributed by atoms with E-state index < -0.39 is 0 Å². The summed E-state index contributed by atoms with van der Waals surface area (Å²) in [5.41, 5.74) is 0. The van der Waals surface area contributed by atoms with Crippen LogP contribution in [0.2, 0.25) is 0 Å². The highest BCUT2D eigenvalue weighted by molar-refractivity contribution is 5.82. The van der Waals surface area contributed by atoms with Crippen molar-refractivity contribution in [2.45, 2.75) is 45.4 Å². The Morgan fingerprint density at radius 1 is 1.25 bits per heavy atom. The number of hydrogen-bond donors (Lipinski definition) is 1. The van der Waals surface area contributed by atoms with Crippen molar-refractivity contribution in [2.24, 2.45) is 5.92 Å². The summed E-state index contributed by atoms with van der Waals surface area (Å²) in [6, 6.07) is 0.0255. The van der Waals surface area contributed by atoms with Gasteiger partial charge in [-0.05, 0) is 32.7 Å². The lowest BCUT2D eigenvalue weighted by molar-refractivity contribution is -0.145. The molecule has 0 aromatic heterocycles. The molecule has 2 rings (SSSR count). The van der Waals surface area contributed by atoms with Crippen LogP contribution < -0.4 is 5.32 Å². The molecule has 0 aromatic carbocycles. The Hall–Kier alpha value is -0.610. The van der Waals surface area contributed by atoms with Crippen molar-refractivity contribution in [3.05, 3.63) is 0 Å². The van der Waals surface area contributed by atoms with Crippen LogP contribution in [0.25, 0.3) is 0 Å². The van der Waals surface area contributed by atoms with Crippen molar-refractivity contribution in [3.8, 4) is 0 Å². The maximum atomic E-state index is 12.3. The summed E-state index contributed by atoms with van der Waals surface area (Å²) in [6.45, 7) is 8.63. The molecule has 0 saturated carbocycles. The highest BCUT2D eigenvalue weighted by Gasteiger charge is 2.35. The summed E-state index contributed by atoms with van der Waals surface area (Å²) in [4.78, 5) is 14.3. The quantitative estimate of drug-likeness (QED) is 0.712. The number of amides is 1. The van der Waals surface area contributed by atoms with E-state index in [1.54, 1.807) is 0 Å². The first-order chi connectivity index (χ1) is 7.58. The molecule has 2 aliphatic rings. The second-order valence-electron chi connectivity index (χ2n) is 5.20. The zero-order chi connectivity index (χ0) is 11.7. The molecule has 2 fully saturated rings. The third-order valence-corrected chi connectivity index (χ3v) is 3.53. The first kappa shape index (κ1) is 11.9. The van der Waals surface area contributed by atoms with Crippen LogP contribution in [0.1, 0.15) is 27.2 Å². The van der Waals surface area contributed by atoms with E-state index in [4.69, 9.17) is 4.74 Å². The van der Waals surface area contributed by atoms with Gasteiger partial charge in [-0.3, -0.25) is 4.79 Å². The van der Waals surface area contributed by atoms with Gasteiger partial charge in [-0.15, -0.1) is 0 Å². The van der Waals surface area contributed by atoms with Gasteiger partial charge in [0.1, 0.15) is 0 Å². The zero-order valence-electron chi connectivity index (χ0n) is 10.4. The summed E-state index contributed by atoms with van der Waals surface area (Å²) in [5.74, 6) is 0.716. The van der Waals surface area contributed by atoms with Gasteiger partial charge in [0.25, 0.3) is 0 Å². The van der Waals surface area contributed by atoms with E-state index in [2.05, 4.69) is 12.2 Å². The monoisotopic (exact) mass is 226 g/mol. The van der Waals surface area contributed by atoms with Crippen LogP contribution in [0.4, 0.5) is 0 Å². The molecule has 0 aliphatic carbocycles. The van der Waals surface area contributed by atoms with Gasteiger partial charge in [0, 0.05) is 13.1 Å². The van der Waals surface area contributed by atoms with Gasteiger partial charge in [-0.2, -0.15) is 0 Å². The molecule has 2 heterocycles. The highest BCUT2D eigenvalue weighted by Crippen LogP contribution is 2.19. The molecule has 4 nitrogen and oxygen atoms in total. The first-order valence-corrected chi connectivity index (χ1v) is 6.25. The molecule has 4 atom stereocenters. The summed E-state index contributed by atoms with van der Waals surface area (Å²) in [7, 11) is 0. The van der Waals surface area contributed by atoms with Crippen molar-refractivity contribution in [3.63, 3.8) is 0 Å². The maximum absolute atomic E-state index is 12.3. The van der Waals surface area contributed by atoms with Gasteiger partial charge >= 0.3 is 0 Å². The van der Waals surface area contributed by atoms with Crippen molar-refractivity contribution in [1.82, 2.24) is 10.2 Å². The van der Waals surface area contributed by atoms with E-state index >= 15 is 0 Å². The van der Waals surface area contributed by atoms with E-state index in [1.807, 2.05) is 18.7 Å². The van der Waals surface area contributed by atoms with Gasteiger partial charge in [0.15, 0.2) is 0 Å². The number of hydrogen-bond acceptors (Lipinski definition) is 3. The van der Waals surface area contributed by atoms with Gasteiger partial charge in [-0.25, -0.2) is 0 Å². The van der Waals surface area contributed by atoms with Crippen LogP contribution in [0.3, 0.4) is 0 Å². The molecule has 16 heavy (non-hydrogen) atoms. The SMILES string of the molecule is CC1CCNC1C(=O)N1C[C@@H](C)O[C@@H](C)C1. The van der Waals surface area contributed by atoms with Gasteiger partial charge < -0.3 is 15.0 Å². The summed E-state index contributed by atoms with van der Waals surface area (Å²) >= 11 is 0. The molecule has 2 saturated heterocycles. The third kappa shape index (κ3) is 2.38.